The molecule has 2 aromatic rings. The van der Waals surface area contributed by atoms with Gasteiger partial charge in [0, 0.05) is 18.7 Å². The van der Waals surface area contributed by atoms with E-state index in [0.29, 0.717) is 6.61 Å². The summed E-state index contributed by atoms with van der Waals surface area (Å²) < 4.78 is 18.6. The van der Waals surface area contributed by atoms with Crippen LogP contribution in [0.5, 0.6) is 0 Å². The molecule has 0 bridgehead atoms. The Morgan fingerprint density at radius 1 is 1.17 bits per heavy atom. The first-order chi connectivity index (χ1) is 11.3. The lowest BCUT2D eigenvalue weighted by Gasteiger charge is -2.33. The van der Waals surface area contributed by atoms with Gasteiger partial charge in [0.25, 0.3) is 0 Å². The summed E-state index contributed by atoms with van der Waals surface area (Å²) in [6.45, 7) is 2.09. The molecule has 1 aliphatic heterocycles. The first kappa shape index (κ1) is 15.8. The average Bonchev–Trinajstić information content (AvgIpc) is 2.61. The number of piperidine rings is 1. The SMILES string of the molecule is OCCOC1CCCN(c2ccc(-c3ccc(F)cc3)nn2)C1. The second-order valence-corrected chi connectivity index (χ2v) is 5.59. The van der Waals surface area contributed by atoms with Crippen LogP contribution in [-0.4, -0.2) is 47.7 Å². The first-order valence-electron chi connectivity index (χ1n) is 7.83. The van der Waals surface area contributed by atoms with Crippen LogP contribution in [0.1, 0.15) is 12.8 Å². The normalized spacial score (nSPS) is 18.2. The van der Waals surface area contributed by atoms with Crippen LogP contribution in [0.2, 0.25) is 0 Å². The largest absolute Gasteiger partial charge is 0.394 e. The van der Waals surface area contributed by atoms with E-state index in [4.69, 9.17) is 9.84 Å². The fourth-order valence-electron chi connectivity index (χ4n) is 2.77. The standard InChI is InChI=1S/C17H20FN3O2/c18-14-5-3-13(4-6-14)16-7-8-17(20-19-16)21-9-1-2-15(12-21)23-11-10-22/h3-8,15,22H,1-2,9-12H2. The highest BCUT2D eigenvalue weighted by molar-refractivity contribution is 5.59. The molecule has 1 aliphatic rings. The topological polar surface area (TPSA) is 58.5 Å². The van der Waals surface area contributed by atoms with E-state index in [2.05, 4.69) is 15.1 Å². The molecule has 6 heteroatoms. The van der Waals surface area contributed by atoms with E-state index in [1.165, 1.54) is 12.1 Å². The third-order valence-electron chi connectivity index (χ3n) is 3.94. The Hall–Kier alpha value is -2.05. The number of aliphatic hydroxyl groups is 1. The summed E-state index contributed by atoms with van der Waals surface area (Å²) in [5, 5.41) is 17.4. The number of benzene rings is 1. The zero-order valence-corrected chi connectivity index (χ0v) is 12.9. The van der Waals surface area contributed by atoms with Crippen LogP contribution in [0, 0.1) is 5.82 Å². The summed E-state index contributed by atoms with van der Waals surface area (Å²) in [6.07, 6.45) is 2.14. The molecule has 122 valence electrons. The Morgan fingerprint density at radius 3 is 2.70 bits per heavy atom. The minimum atomic E-state index is -0.263. The Balaban J connectivity index is 1.68. The van der Waals surface area contributed by atoms with Crippen LogP contribution >= 0.6 is 0 Å². The van der Waals surface area contributed by atoms with Gasteiger partial charge < -0.3 is 14.7 Å². The average molecular weight is 317 g/mol. The molecule has 1 aromatic carbocycles. The number of ether oxygens (including phenoxy) is 1. The molecule has 1 unspecified atom stereocenters. The lowest BCUT2D eigenvalue weighted by molar-refractivity contribution is 0.0213. The molecular formula is C17H20FN3O2. The smallest absolute Gasteiger partial charge is 0.151 e. The van der Waals surface area contributed by atoms with Gasteiger partial charge in [-0.25, -0.2) is 4.39 Å². The number of halogens is 1. The van der Waals surface area contributed by atoms with Crippen LogP contribution in [0.4, 0.5) is 10.2 Å². The molecule has 3 rings (SSSR count). The van der Waals surface area contributed by atoms with Gasteiger partial charge in [-0.3, -0.25) is 0 Å². The van der Waals surface area contributed by atoms with Crippen molar-refractivity contribution >= 4 is 5.82 Å². The van der Waals surface area contributed by atoms with Crippen molar-refractivity contribution in [3.8, 4) is 11.3 Å². The van der Waals surface area contributed by atoms with Gasteiger partial charge in [-0.2, -0.15) is 0 Å². The number of hydrogen-bond donors (Lipinski definition) is 1. The maximum atomic E-state index is 13.0. The van der Waals surface area contributed by atoms with Crippen molar-refractivity contribution in [3.63, 3.8) is 0 Å². The van der Waals surface area contributed by atoms with E-state index in [-0.39, 0.29) is 18.5 Å². The number of hydrogen-bond acceptors (Lipinski definition) is 5. The van der Waals surface area contributed by atoms with Crippen molar-refractivity contribution in [2.24, 2.45) is 0 Å². The molecule has 0 amide bonds. The van der Waals surface area contributed by atoms with Crippen molar-refractivity contribution in [2.45, 2.75) is 18.9 Å². The Labute approximate surface area is 134 Å². The van der Waals surface area contributed by atoms with E-state index >= 15 is 0 Å². The van der Waals surface area contributed by atoms with Gasteiger partial charge in [0.05, 0.1) is 25.0 Å². The predicted molar refractivity (Wildman–Crippen MR) is 85.7 cm³/mol. The van der Waals surface area contributed by atoms with Gasteiger partial charge in [-0.15, -0.1) is 10.2 Å². The summed E-state index contributed by atoms with van der Waals surface area (Å²) in [5.41, 5.74) is 1.56. The van der Waals surface area contributed by atoms with Gasteiger partial charge in [-0.05, 0) is 49.2 Å². The summed E-state index contributed by atoms with van der Waals surface area (Å²) in [7, 11) is 0. The second-order valence-electron chi connectivity index (χ2n) is 5.59. The lowest BCUT2D eigenvalue weighted by Crippen LogP contribution is -2.40. The third kappa shape index (κ3) is 4.03. The molecule has 0 radical (unpaired) electrons. The molecule has 5 nitrogen and oxygen atoms in total. The van der Waals surface area contributed by atoms with Gasteiger partial charge in [0.15, 0.2) is 5.82 Å². The first-order valence-corrected chi connectivity index (χ1v) is 7.83. The van der Waals surface area contributed by atoms with Crippen LogP contribution in [0.15, 0.2) is 36.4 Å². The monoisotopic (exact) mass is 317 g/mol. The number of aliphatic hydroxyl groups excluding tert-OH is 1. The van der Waals surface area contributed by atoms with Crippen molar-refractivity contribution in [2.75, 3.05) is 31.2 Å². The molecule has 0 saturated carbocycles. The maximum Gasteiger partial charge on any atom is 0.151 e. The molecule has 1 atom stereocenters. The Kier molecular flexibility index (Phi) is 5.15. The quantitative estimate of drug-likeness (QED) is 0.917. The fourth-order valence-corrected chi connectivity index (χ4v) is 2.77. The number of anilines is 1. The molecule has 1 N–H and O–H groups in total. The van der Waals surface area contributed by atoms with Gasteiger partial charge in [0.1, 0.15) is 5.82 Å². The van der Waals surface area contributed by atoms with E-state index in [0.717, 1.165) is 43.0 Å². The van der Waals surface area contributed by atoms with Crippen LogP contribution < -0.4 is 4.90 Å². The summed E-state index contributed by atoms with van der Waals surface area (Å²) >= 11 is 0. The maximum absolute atomic E-state index is 13.0. The highest BCUT2D eigenvalue weighted by Crippen LogP contribution is 2.22. The molecule has 1 saturated heterocycles. The molecule has 23 heavy (non-hydrogen) atoms. The summed E-state index contributed by atoms with van der Waals surface area (Å²) in [6, 6.07) is 10.0. The van der Waals surface area contributed by atoms with Crippen LogP contribution in [0.25, 0.3) is 11.3 Å². The van der Waals surface area contributed by atoms with E-state index in [9.17, 15) is 4.39 Å². The highest BCUT2D eigenvalue weighted by atomic mass is 19.1. The zero-order valence-electron chi connectivity index (χ0n) is 12.9. The van der Waals surface area contributed by atoms with Gasteiger partial charge in [-0.1, -0.05) is 0 Å². The van der Waals surface area contributed by atoms with Crippen molar-refractivity contribution in [1.82, 2.24) is 10.2 Å². The summed E-state index contributed by atoms with van der Waals surface area (Å²) in [5.74, 6) is 0.550. The minimum absolute atomic E-state index is 0.0443. The van der Waals surface area contributed by atoms with E-state index in [1.54, 1.807) is 12.1 Å². The Morgan fingerprint density at radius 2 is 2.00 bits per heavy atom. The summed E-state index contributed by atoms with van der Waals surface area (Å²) in [4.78, 5) is 2.15. The lowest BCUT2D eigenvalue weighted by atomic mass is 10.1. The zero-order chi connectivity index (χ0) is 16.1. The van der Waals surface area contributed by atoms with Crippen molar-refractivity contribution in [1.29, 1.82) is 0 Å². The molecular weight excluding hydrogens is 297 g/mol. The van der Waals surface area contributed by atoms with E-state index in [1.807, 2.05) is 12.1 Å². The molecule has 0 aliphatic carbocycles. The molecule has 1 aromatic heterocycles. The van der Waals surface area contributed by atoms with Gasteiger partial charge in [0.2, 0.25) is 0 Å². The third-order valence-corrected chi connectivity index (χ3v) is 3.94. The number of rotatable bonds is 5. The number of aromatic nitrogens is 2. The van der Waals surface area contributed by atoms with E-state index < -0.39 is 0 Å². The minimum Gasteiger partial charge on any atom is -0.394 e. The predicted octanol–water partition coefficient (Wildman–Crippen LogP) is 2.26. The van der Waals surface area contributed by atoms with Crippen molar-refractivity contribution in [3.05, 3.63) is 42.2 Å². The van der Waals surface area contributed by atoms with Gasteiger partial charge >= 0.3 is 0 Å². The van der Waals surface area contributed by atoms with Crippen LogP contribution in [0.3, 0.4) is 0 Å². The fraction of sp³-hybridized carbons (Fsp3) is 0.412. The Bertz CT molecular complexity index is 619. The highest BCUT2D eigenvalue weighted by Gasteiger charge is 2.21. The molecule has 0 spiro atoms. The van der Waals surface area contributed by atoms with Crippen molar-refractivity contribution < 1.29 is 14.2 Å². The number of nitrogens with zero attached hydrogens (tertiary/aromatic N) is 3. The molecule has 1 fully saturated rings. The van der Waals surface area contributed by atoms with Crippen LogP contribution in [-0.2, 0) is 4.74 Å². The second kappa shape index (κ2) is 7.48. The molecule has 2 heterocycles.